The maximum Gasteiger partial charge on any atom is 0.256 e. The fraction of sp³-hybridized carbons (Fsp3) is 0.400. The second-order valence-electron chi connectivity index (χ2n) is 8.76. The predicted octanol–water partition coefficient (Wildman–Crippen LogP) is 4.34. The highest BCUT2D eigenvalue weighted by atomic mass is 19.1. The van der Waals surface area contributed by atoms with Crippen LogP contribution >= 0.6 is 0 Å². The Morgan fingerprint density at radius 1 is 1.12 bits per heavy atom. The van der Waals surface area contributed by atoms with Crippen molar-refractivity contribution in [3.8, 4) is 11.1 Å². The van der Waals surface area contributed by atoms with E-state index in [1.807, 2.05) is 45.9 Å². The minimum Gasteiger partial charge on any atom is -0.372 e. The van der Waals surface area contributed by atoms with Crippen LogP contribution in [0.1, 0.15) is 46.9 Å². The molecule has 2 atom stereocenters. The van der Waals surface area contributed by atoms with Crippen LogP contribution in [-0.4, -0.2) is 41.3 Å². The SMILES string of the molecule is Cc1cc(-c2c(F)cc(N3C[C@@H](C)O[C@@H](C)C3)cc2CNC(=O)c2conc2C)cc(C)n1. The third-order valence-electron chi connectivity index (χ3n) is 5.75. The van der Waals surface area contributed by atoms with Gasteiger partial charge in [-0.25, -0.2) is 4.39 Å². The molecular weight excluding hydrogens is 423 g/mol. The van der Waals surface area contributed by atoms with E-state index in [0.29, 0.717) is 35.5 Å². The minimum absolute atomic E-state index is 0.0432. The summed E-state index contributed by atoms with van der Waals surface area (Å²) in [6, 6.07) is 7.24. The number of nitrogens with zero attached hydrogens (tertiary/aromatic N) is 3. The van der Waals surface area contributed by atoms with Crippen LogP contribution in [0.2, 0.25) is 0 Å². The molecule has 0 bridgehead atoms. The molecule has 4 rings (SSSR count). The summed E-state index contributed by atoms with van der Waals surface area (Å²) in [7, 11) is 0. The first-order valence-corrected chi connectivity index (χ1v) is 11.1. The van der Waals surface area contributed by atoms with Gasteiger partial charge in [0.2, 0.25) is 0 Å². The number of hydrogen-bond donors (Lipinski definition) is 1. The molecule has 2 aromatic heterocycles. The number of hydrogen-bond acceptors (Lipinski definition) is 6. The molecule has 33 heavy (non-hydrogen) atoms. The third kappa shape index (κ3) is 5.06. The number of benzene rings is 1. The largest absolute Gasteiger partial charge is 0.372 e. The van der Waals surface area contributed by atoms with Crippen molar-refractivity contribution in [2.75, 3.05) is 18.0 Å². The molecule has 1 N–H and O–H groups in total. The second kappa shape index (κ2) is 9.31. The van der Waals surface area contributed by atoms with E-state index in [1.54, 1.807) is 13.0 Å². The van der Waals surface area contributed by atoms with Crippen molar-refractivity contribution >= 4 is 11.6 Å². The number of halogens is 1. The molecule has 8 heteroatoms. The fourth-order valence-electron chi connectivity index (χ4n) is 4.44. The van der Waals surface area contributed by atoms with E-state index in [2.05, 4.69) is 20.4 Å². The van der Waals surface area contributed by atoms with Crippen LogP contribution in [0.4, 0.5) is 10.1 Å². The average molecular weight is 453 g/mol. The monoisotopic (exact) mass is 452 g/mol. The van der Waals surface area contributed by atoms with Gasteiger partial charge in [0, 0.05) is 42.3 Å². The zero-order valence-electron chi connectivity index (χ0n) is 19.6. The van der Waals surface area contributed by atoms with E-state index in [1.165, 1.54) is 6.26 Å². The molecule has 1 saturated heterocycles. The first-order chi connectivity index (χ1) is 15.7. The quantitative estimate of drug-likeness (QED) is 0.620. The number of aromatic nitrogens is 2. The van der Waals surface area contributed by atoms with Crippen molar-refractivity contribution in [2.24, 2.45) is 0 Å². The van der Waals surface area contributed by atoms with E-state index in [0.717, 1.165) is 22.6 Å². The summed E-state index contributed by atoms with van der Waals surface area (Å²) in [6.07, 6.45) is 1.40. The summed E-state index contributed by atoms with van der Waals surface area (Å²) in [6.45, 7) is 11.0. The van der Waals surface area contributed by atoms with Crippen molar-refractivity contribution in [3.63, 3.8) is 0 Å². The van der Waals surface area contributed by atoms with Gasteiger partial charge >= 0.3 is 0 Å². The first kappa shape index (κ1) is 22.9. The number of amides is 1. The van der Waals surface area contributed by atoms with Crippen molar-refractivity contribution in [3.05, 3.63) is 64.6 Å². The van der Waals surface area contributed by atoms with Crippen molar-refractivity contribution in [1.82, 2.24) is 15.5 Å². The van der Waals surface area contributed by atoms with E-state index in [9.17, 15) is 4.79 Å². The Hall–Kier alpha value is -3.26. The number of carbonyl (C=O) groups is 1. The van der Waals surface area contributed by atoms with Crippen LogP contribution in [0.5, 0.6) is 0 Å². The number of rotatable bonds is 5. The van der Waals surface area contributed by atoms with Crippen LogP contribution in [0.25, 0.3) is 11.1 Å². The highest BCUT2D eigenvalue weighted by molar-refractivity contribution is 5.94. The summed E-state index contributed by atoms with van der Waals surface area (Å²) in [5, 5.41) is 6.65. The molecule has 1 aliphatic heterocycles. The Morgan fingerprint density at radius 3 is 2.39 bits per heavy atom. The molecule has 0 saturated carbocycles. The molecular formula is C25H29FN4O3. The molecule has 3 heterocycles. The number of aryl methyl sites for hydroxylation is 3. The third-order valence-corrected chi connectivity index (χ3v) is 5.75. The van der Waals surface area contributed by atoms with Gasteiger partial charge in [0.1, 0.15) is 17.6 Å². The normalized spacial score (nSPS) is 18.4. The van der Waals surface area contributed by atoms with Gasteiger partial charge < -0.3 is 19.5 Å². The van der Waals surface area contributed by atoms with Crippen LogP contribution in [0.3, 0.4) is 0 Å². The lowest BCUT2D eigenvalue weighted by molar-refractivity contribution is -0.00523. The standard InChI is InChI=1S/C25H29FN4O3/c1-14-6-19(7-15(2)28-14)24-20(10-27-25(31)22-13-32-29-18(22)5)8-21(9-23(24)26)30-11-16(3)33-17(4)12-30/h6-9,13,16-17H,10-12H2,1-5H3,(H,27,31)/t16-,17+. The minimum atomic E-state index is -0.338. The summed E-state index contributed by atoms with van der Waals surface area (Å²) in [5.41, 5.74) is 5.13. The molecule has 1 aromatic carbocycles. The van der Waals surface area contributed by atoms with Gasteiger partial charge in [-0.1, -0.05) is 5.16 Å². The Kier molecular flexibility index (Phi) is 6.47. The van der Waals surface area contributed by atoms with Crippen LogP contribution in [0, 0.1) is 26.6 Å². The topological polar surface area (TPSA) is 80.5 Å². The number of morpholine rings is 1. The van der Waals surface area contributed by atoms with Crippen molar-refractivity contribution < 1.29 is 18.4 Å². The van der Waals surface area contributed by atoms with Gasteiger partial charge in [0.15, 0.2) is 0 Å². The van der Waals surface area contributed by atoms with Crippen molar-refractivity contribution in [1.29, 1.82) is 0 Å². The molecule has 3 aromatic rings. The molecule has 1 amide bonds. The number of nitrogens with one attached hydrogen (secondary N) is 1. The van der Waals surface area contributed by atoms with Gasteiger partial charge in [0.05, 0.1) is 17.9 Å². The lowest BCUT2D eigenvalue weighted by Crippen LogP contribution is -2.45. The molecule has 7 nitrogen and oxygen atoms in total. The highest BCUT2D eigenvalue weighted by Gasteiger charge is 2.25. The number of anilines is 1. The smallest absolute Gasteiger partial charge is 0.256 e. The predicted molar refractivity (Wildman–Crippen MR) is 124 cm³/mol. The fourth-order valence-corrected chi connectivity index (χ4v) is 4.44. The van der Waals surface area contributed by atoms with Gasteiger partial charge in [0.25, 0.3) is 5.91 Å². The van der Waals surface area contributed by atoms with E-state index in [4.69, 9.17) is 9.26 Å². The molecule has 0 aliphatic carbocycles. The maximum atomic E-state index is 15.7. The summed E-state index contributed by atoms with van der Waals surface area (Å²) in [4.78, 5) is 19.2. The van der Waals surface area contributed by atoms with Crippen LogP contribution in [0.15, 0.2) is 35.1 Å². The lowest BCUT2D eigenvalue weighted by atomic mass is 9.96. The molecule has 0 spiro atoms. The van der Waals surface area contributed by atoms with Gasteiger partial charge in [-0.3, -0.25) is 9.78 Å². The molecule has 0 unspecified atom stereocenters. The number of pyridine rings is 1. The second-order valence-corrected chi connectivity index (χ2v) is 8.76. The van der Waals surface area contributed by atoms with Gasteiger partial charge in [-0.2, -0.15) is 0 Å². The number of ether oxygens (including phenoxy) is 1. The van der Waals surface area contributed by atoms with E-state index < -0.39 is 0 Å². The van der Waals surface area contributed by atoms with Crippen LogP contribution in [-0.2, 0) is 11.3 Å². The molecule has 174 valence electrons. The molecule has 1 aliphatic rings. The Bertz CT molecular complexity index is 1150. The Morgan fingerprint density at radius 2 is 1.79 bits per heavy atom. The zero-order chi connectivity index (χ0) is 23.7. The molecule has 1 fully saturated rings. The van der Waals surface area contributed by atoms with E-state index in [-0.39, 0.29) is 30.5 Å². The summed E-state index contributed by atoms with van der Waals surface area (Å²) >= 11 is 0. The van der Waals surface area contributed by atoms with E-state index >= 15 is 4.39 Å². The first-order valence-electron chi connectivity index (χ1n) is 11.1. The maximum absolute atomic E-state index is 15.7. The zero-order valence-corrected chi connectivity index (χ0v) is 19.6. The molecule has 0 radical (unpaired) electrons. The van der Waals surface area contributed by atoms with Gasteiger partial charge in [-0.05, 0) is 70.0 Å². The summed E-state index contributed by atoms with van der Waals surface area (Å²) in [5.74, 6) is -0.657. The Balaban J connectivity index is 1.73. The van der Waals surface area contributed by atoms with Crippen molar-refractivity contribution in [2.45, 2.75) is 53.4 Å². The highest BCUT2D eigenvalue weighted by Crippen LogP contribution is 2.33. The Labute approximate surface area is 192 Å². The van der Waals surface area contributed by atoms with Gasteiger partial charge in [-0.15, -0.1) is 0 Å². The van der Waals surface area contributed by atoms with Crippen LogP contribution < -0.4 is 10.2 Å². The summed E-state index contributed by atoms with van der Waals surface area (Å²) < 4.78 is 26.4. The lowest BCUT2D eigenvalue weighted by Gasteiger charge is -2.37. The number of carbonyl (C=O) groups excluding carboxylic acids is 1. The average Bonchev–Trinajstić information content (AvgIpc) is 3.16.